The number of anilines is 1. The van der Waals surface area contributed by atoms with Crippen LogP contribution in [0.5, 0.6) is 0 Å². The van der Waals surface area contributed by atoms with Gasteiger partial charge in [-0.1, -0.05) is 18.2 Å². The van der Waals surface area contributed by atoms with Crippen molar-refractivity contribution in [1.29, 1.82) is 0 Å². The SMILES string of the molecule is O=C(C1CCCCN1C(=O)c1ccc(=O)[nH]n1)N1CCCN2c3ccccc3CC2C1. The molecule has 1 aromatic heterocycles. The van der Waals surface area contributed by atoms with Crippen LogP contribution < -0.4 is 10.5 Å². The number of fused-ring (bicyclic) bond motifs is 3. The number of carbonyl (C=O) groups excluding carboxylic acids is 2. The van der Waals surface area contributed by atoms with Crippen molar-refractivity contribution in [3.05, 3.63) is 58.0 Å². The summed E-state index contributed by atoms with van der Waals surface area (Å²) in [5, 5.41) is 6.20. The third kappa shape index (κ3) is 3.71. The number of likely N-dealkylation sites (tertiary alicyclic amines) is 1. The van der Waals surface area contributed by atoms with Crippen molar-refractivity contribution in [3.8, 4) is 0 Å². The molecule has 2 unspecified atom stereocenters. The van der Waals surface area contributed by atoms with E-state index < -0.39 is 6.04 Å². The van der Waals surface area contributed by atoms with Crippen LogP contribution in [0.2, 0.25) is 0 Å². The van der Waals surface area contributed by atoms with E-state index in [-0.39, 0.29) is 29.1 Å². The second-order valence-electron chi connectivity index (χ2n) is 8.63. The van der Waals surface area contributed by atoms with Crippen LogP contribution in [0.4, 0.5) is 5.69 Å². The average Bonchev–Trinajstić information content (AvgIpc) is 3.01. The first-order chi connectivity index (χ1) is 15.1. The zero-order chi connectivity index (χ0) is 21.4. The van der Waals surface area contributed by atoms with Gasteiger partial charge in [-0.25, -0.2) is 5.10 Å². The fourth-order valence-electron chi connectivity index (χ4n) is 5.22. The Bertz CT molecular complexity index is 1030. The predicted octanol–water partition coefficient (Wildman–Crippen LogP) is 1.43. The molecule has 8 nitrogen and oxygen atoms in total. The van der Waals surface area contributed by atoms with Gasteiger partial charge in [0.15, 0.2) is 0 Å². The van der Waals surface area contributed by atoms with Crippen molar-refractivity contribution in [3.63, 3.8) is 0 Å². The fraction of sp³-hybridized carbons (Fsp3) is 0.478. The Morgan fingerprint density at radius 2 is 1.87 bits per heavy atom. The summed E-state index contributed by atoms with van der Waals surface area (Å²) in [5.41, 5.74) is 2.46. The summed E-state index contributed by atoms with van der Waals surface area (Å²) >= 11 is 0. The number of nitrogens with one attached hydrogen (secondary N) is 1. The van der Waals surface area contributed by atoms with Gasteiger partial charge in [-0.15, -0.1) is 0 Å². The zero-order valence-electron chi connectivity index (χ0n) is 17.5. The molecular weight excluding hydrogens is 394 g/mol. The van der Waals surface area contributed by atoms with Gasteiger partial charge in [-0.2, -0.15) is 5.10 Å². The lowest BCUT2D eigenvalue weighted by Gasteiger charge is -2.38. The van der Waals surface area contributed by atoms with Crippen molar-refractivity contribution in [1.82, 2.24) is 20.0 Å². The molecule has 0 aliphatic carbocycles. The number of aromatic nitrogens is 2. The molecule has 2 amide bonds. The molecule has 1 N–H and O–H groups in total. The lowest BCUT2D eigenvalue weighted by molar-refractivity contribution is -0.137. The van der Waals surface area contributed by atoms with E-state index in [2.05, 4.69) is 39.4 Å². The standard InChI is InChI=1S/C23H27N5O3/c29-21-10-9-18(24-25-21)22(30)28-12-4-3-8-20(28)23(31)26-11-5-13-27-17(15-26)14-16-6-1-2-7-19(16)27/h1-2,6-7,9-10,17,20H,3-5,8,11-15H2,(H,25,29). The first kappa shape index (κ1) is 19.8. The Hall–Kier alpha value is -3.16. The average molecular weight is 422 g/mol. The van der Waals surface area contributed by atoms with Crippen LogP contribution in [-0.2, 0) is 11.2 Å². The number of nitrogens with zero attached hydrogens (tertiary/aromatic N) is 4. The maximum Gasteiger partial charge on any atom is 0.274 e. The highest BCUT2D eigenvalue weighted by atomic mass is 16.2. The molecule has 4 heterocycles. The summed E-state index contributed by atoms with van der Waals surface area (Å²) in [6.45, 7) is 2.87. The van der Waals surface area contributed by atoms with Gasteiger partial charge in [0, 0.05) is 37.9 Å². The van der Waals surface area contributed by atoms with Crippen LogP contribution in [0.25, 0.3) is 0 Å². The van der Waals surface area contributed by atoms with E-state index in [9.17, 15) is 14.4 Å². The van der Waals surface area contributed by atoms with Crippen LogP contribution in [0, 0.1) is 0 Å². The molecule has 5 rings (SSSR count). The molecule has 0 saturated carbocycles. The van der Waals surface area contributed by atoms with Crippen molar-refractivity contribution in [2.45, 2.75) is 44.2 Å². The van der Waals surface area contributed by atoms with Gasteiger partial charge < -0.3 is 14.7 Å². The lowest BCUT2D eigenvalue weighted by atomic mass is 9.99. The summed E-state index contributed by atoms with van der Waals surface area (Å²) in [5.74, 6) is -0.255. The molecule has 2 fully saturated rings. The number of aromatic amines is 1. The Labute approximate surface area is 180 Å². The number of hydrogen-bond acceptors (Lipinski definition) is 5. The molecular formula is C23H27N5O3. The van der Waals surface area contributed by atoms with Crippen molar-refractivity contribution < 1.29 is 9.59 Å². The summed E-state index contributed by atoms with van der Waals surface area (Å²) in [4.78, 5) is 44.0. The molecule has 31 heavy (non-hydrogen) atoms. The van der Waals surface area contributed by atoms with Crippen molar-refractivity contribution in [2.75, 3.05) is 31.1 Å². The Morgan fingerprint density at radius 3 is 2.71 bits per heavy atom. The van der Waals surface area contributed by atoms with E-state index in [1.165, 1.54) is 23.4 Å². The van der Waals surface area contributed by atoms with Gasteiger partial charge in [-0.3, -0.25) is 14.4 Å². The van der Waals surface area contributed by atoms with Crippen molar-refractivity contribution >= 4 is 17.5 Å². The van der Waals surface area contributed by atoms with Crippen LogP contribution >= 0.6 is 0 Å². The lowest BCUT2D eigenvalue weighted by Crippen LogP contribution is -2.54. The smallest absolute Gasteiger partial charge is 0.274 e. The molecule has 3 aliphatic heterocycles. The second kappa shape index (κ2) is 8.17. The molecule has 2 aromatic rings. The molecule has 0 spiro atoms. The summed E-state index contributed by atoms with van der Waals surface area (Å²) < 4.78 is 0. The first-order valence-electron chi connectivity index (χ1n) is 11.1. The molecule has 1 aromatic carbocycles. The highest BCUT2D eigenvalue weighted by Crippen LogP contribution is 2.34. The second-order valence-corrected chi connectivity index (χ2v) is 8.63. The molecule has 2 atom stereocenters. The highest BCUT2D eigenvalue weighted by molar-refractivity contribution is 5.96. The fourth-order valence-corrected chi connectivity index (χ4v) is 5.22. The molecule has 162 valence electrons. The zero-order valence-corrected chi connectivity index (χ0v) is 17.5. The largest absolute Gasteiger partial charge is 0.366 e. The first-order valence-corrected chi connectivity index (χ1v) is 11.1. The maximum atomic E-state index is 13.6. The Kier molecular flexibility index (Phi) is 5.21. The normalized spacial score (nSPS) is 23.2. The van der Waals surface area contributed by atoms with E-state index >= 15 is 0 Å². The molecule has 0 radical (unpaired) electrons. The van der Waals surface area contributed by atoms with Crippen LogP contribution in [0.1, 0.15) is 41.7 Å². The van der Waals surface area contributed by atoms with Gasteiger partial charge in [0.1, 0.15) is 11.7 Å². The van der Waals surface area contributed by atoms with Gasteiger partial charge in [0.25, 0.3) is 11.5 Å². The van der Waals surface area contributed by atoms with E-state index in [4.69, 9.17) is 0 Å². The van der Waals surface area contributed by atoms with E-state index in [1.54, 1.807) is 4.90 Å². The molecule has 3 aliphatic rings. The topological polar surface area (TPSA) is 89.6 Å². The van der Waals surface area contributed by atoms with Gasteiger partial charge >= 0.3 is 0 Å². The Morgan fingerprint density at radius 1 is 1.00 bits per heavy atom. The summed E-state index contributed by atoms with van der Waals surface area (Å²) in [6, 6.07) is 11.0. The van der Waals surface area contributed by atoms with Crippen LogP contribution in [-0.4, -0.2) is 70.1 Å². The van der Waals surface area contributed by atoms with Gasteiger partial charge in [-0.05, 0) is 49.8 Å². The van der Waals surface area contributed by atoms with E-state index in [1.807, 2.05) is 4.90 Å². The number of H-pyrrole nitrogens is 1. The number of carbonyl (C=O) groups is 2. The van der Waals surface area contributed by atoms with Gasteiger partial charge in [0.2, 0.25) is 5.91 Å². The monoisotopic (exact) mass is 421 g/mol. The third-order valence-corrected chi connectivity index (χ3v) is 6.71. The minimum absolute atomic E-state index is 0.0373. The highest BCUT2D eigenvalue weighted by Gasteiger charge is 2.39. The number of amides is 2. The number of hydrogen-bond donors (Lipinski definition) is 1. The van der Waals surface area contributed by atoms with E-state index in [0.717, 1.165) is 32.2 Å². The van der Waals surface area contributed by atoms with Crippen molar-refractivity contribution in [2.24, 2.45) is 0 Å². The number of piperidine rings is 1. The number of para-hydroxylation sites is 1. The molecule has 0 bridgehead atoms. The maximum absolute atomic E-state index is 13.6. The third-order valence-electron chi connectivity index (χ3n) is 6.71. The van der Waals surface area contributed by atoms with E-state index in [0.29, 0.717) is 26.1 Å². The summed E-state index contributed by atoms with van der Waals surface area (Å²) in [6.07, 6.45) is 4.32. The van der Waals surface area contributed by atoms with Crippen LogP contribution in [0.15, 0.2) is 41.2 Å². The summed E-state index contributed by atoms with van der Waals surface area (Å²) in [7, 11) is 0. The number of benzene rings is 1. The predicted molar refractivity (Wildman–Crippen MR) is 116 cm³/mol. The molecule has 8 heteroatoms. The number of rotatable bonds is 2. The van der Waals surface area contributed by atoms with Crippen LogP contribution in [0.3, 0.4) is 0 Å². The quantitative estimate of drug-likeness (QED) is 0.792. The minimum atomic E-state index is -0.467. The van der Waals surface area contributed by atoms with Gasteiger partial charge in [0.05, 0.1) is 6.04 Å². The molecule has 2 saturated heterocycles. The Balaban J connectivity index is 1.34. The minimum Gasteiger partial charge on any atom is -0.366 e.